The molecule has 9 nitrogen and oxygen atoms in total. The van der Waals surface area contributed by atoms with Gasteiger partial charge in [0, 0.05) is 10.4 Å². The molecular formula is CH12N2O7S2. The molecule has 0 unspecified atom stereocenters. The Hall–Kier alpha value is -0.300. The van der Waals surface area contributed by atoms with Crippen molar-refractivity contribution in [2.75, 3.05) is 6.26 Å². The fourth-order valence-corrected chi connectivity index (χ4v) is 0. The van der Waals surface area contributed by atoms with Crippen LogP contribution in [-0.2, 0) is 20.5 Å². The van der Waals surface area contributed by atoms with Gasteiger partial charge in [0.2, 0.25) is 0 Å². The van der Waals surface area contributed by atoms with E-state index in [4.69, 9.17) is 22.1 Å². The summed E-state index contributed by atoms with van der Waals surface area (Å²) in [5, 5.41) is 0. The van der Waals surface area contributed by atoms with Crippen molar-refractivity contribution in [2.45, 2.75) is 0 Å². The molecule has 0 aliphatic heterocycles. The zero-order valence-electron chi connectivity index (χ0n) is 6.71. The molecule has 12 heavy (non-hydrogen) atoms. The van der Waals surface area contributed by atoms with Gasteiger partial charge in [0.1, 0.15) is 0 Å². The number of hydrogen-bond acceptors (Lipinski definition) is 6. The van der Waals surface area contributed by atoms with E-state index in [-0.39, 0.29) is 12.3 Å². The van der Waals surface area contributed by atoms with Crippen molar-refractivity contribution in [1.82, 2.24) is 12.3 Å². The summed E-state index contributed by atoms with van der Waals surface area (Å²) in [4.78, 5) is 0. The average molecular weight is 228 g/mol. The highest BCUT2D eigenvalue weighted by atomic mass is 32.3. The third-order valence-electron chi connectivity index (χ3n) is 0. The largest absolute Gasteiger partial charge is 0.759 e. The molecule has 0 bridgehead atoms. The van der Waals surface area contributed by atoms with Gasteiger partial charge < -0.3 is 21.4 Å². The molecule has 0 fully saturated rings. The minimum absolute atomic E-state index is 0. The number of rotatable bonds is 0. The van der Waals surface area contributed by atoms with E-state index in [1.165, 1.54) is 0 Å². The van der Waals surface area contributed by atoms with Crippen LogP contribution in [0.4, 0.5) is 0 Å². The van der Waals surface area contributed by atoms with Gasteiger partial charge in [-0.3, -0.25) is 13.0 Å². The van der Waals surface area contributed by atoms with Crippen molar-refractivity contribution in [3.63, 3.8) is 0 Å². The van der Waals surface area contributed by atoms with E-state index < -0.39 is 20.5 Å². The van der Waals surface area contributed by atoms with Crippen molar-refractivity contribution in [1.29, 1.82) is 0 Å². The summed E-state index contributed by atoms with van der Waals surface area (Å²) in [7, 11) is -8.83. The van der Waals surface area contributed by atoms with Crippen LogP contribution in [0.2, 0.25) is 0 Å². The Morgan fingerprint density at radius 3 is 1.00 bits per heavy atom. The maximum absolute atomic E-state index is 9.19. The van der Waals surface area contributed by atoms with Gasteiger partial charge in [0.05, 0.1) is 6.26 Å². The van der Waals surface area contributed by atoms with E-state index in [0.717, 1.165) is 0 Å². The highest BCUT2D eigenvalue weighted by Crippen LogP contribution is 1.60. The summed E-state index contributed by atoms with van der Waals surface area (Å²) in [6, 6.07) is 0. The summed E-state index contributed by atoms with van der Waals surface area (Å²) < 4.78 is 60.0. The van der Waals surface area contributed by atoms with E-state index in [9.17, 15) is 8.42 Å². The Bertz CT molecular complexity index is 216. The molecule has 9 N–H and O–H groups in total. The molecule has 0 atom stereocenters. The van der Waals surface area contributed by atoms with Gasteiger partial charge in [-0.2, -0.15) is 8.42 Å². The molecular weight excluding hydrogens is 216 g/mol. The first-order valence-electron chi connectivity index (χ1n) is 1.59. The fourth-order valence-electron chi connectivity index (χ4n) is 0. The topological polar surface area (TPSA) is 208 Å². The molecule has 0 aromatic heterocycles. The van der Waals surface area contributed by atoms with Crippen LogP contribution in [0, 0.1) is 0 Å². The average Bonchev–Trinajstić information content (AvgIpc) is 1.12. The van der Waals surface area contributed by atoms with Crippen LogP contribution in [0.15, 0.2) is 0 Å². The molecule has 0 radical (unpaired) electrons. The van der Waals surface area contributed by atoms with Gasteiger partial charge in [-0.15, -0.1) is 0 Å². The summed E-state index contributed by atoms with van der Waals surface area (Å²) in [5.41, 5.74) is 0. The number of quaternary nitrogens is 2. The Labute approximate surface area is 70.3 Å². The lowest BCUT2D eigenvalue weighted by Gasteiger charge is -2.06. The van der Waals surface area contributed by atoms with Crippen LogP contribution in [0.3, 0.4) is 0 Å². The van der Waals surface area contributed by atoms with E-state index in [1.54, 1.807) is 0 Å². The summed E-state index contributed by atoms with van der Waals surface area (Å²) >= 11 is 0. The van der Waals surface area contributed by atoms with Crippen LogP contribution >= 0.6 is 0 Å². The zero-order chi connectivity index (χ0) is 9.00. The van der Waals surface area contributed by atoms with Crippen LogP contribution in [0.25, 0.3) is 0 Å². The first kappa shape index (κ1) is 22.6. The monoisotopic (exact) mass is 228 g/mol. The SMILES string of the molecule is CS(=O)(=O)O.O=S(=O)([O-])[O-].[NH4+].[NH4+]. The molecule has 80 valence electrons. The van der Waals surface area contributed by atoms with Gasteiger partial charge >= 0.3 is 0 Å². The molecule has 0 aromatic rings. The van der Waals surface area contributed by atoms with Crippen molar-refractivity contribution >= 4 is 20.5 Å². The molecule has 0 rings (SSSR count). The molecule has 0 saturated heterocycles. The minimum Gasteiger partial charge on any atom is -0.759 e. The standard InChI is InChI=1S/CH4O3S.2H3N.H2O4S/c1-5(2,3)4;;;1-5(2,3)4/h1H3,(H,2,3,4);2*1H3;(H2,1,2,3,4). The highest BCUT2D eigenvalue weighted by molar-refractivity contribution is 7.85. The molecule has 0 aliphatic rings. The third-order valence-corrected chi connectivity index (χ3v) is 0. The maximum atomic E-state index is 9.19. The van der Waals surface area contributed by atoms with Crippen LogP contribution < -0.4 is 12.3 Å². The Kier molecular flexibility index (Phi) is 13.8. The predicted octanol–water partition coefficient (Wildman–Crippen LogP) is -1.08. The maximum Gasteiger partial charge on any atom is 0.261 e. The summed E-state index contributed by atoms with van der Waals surface area (Å²) in [6.45, 7) is 0. The first-order chi connectivity index (χ1) is 4.00. The molecule has 11 heteroatoms. The van der Waals surface area contributed by atoms with Gasteiger partial charge in [-0.1, -0.05) is 0 Å². The second-order valence-corrected chi connectivity index (χ2v) is 3.42. The summed E-state index contributed by atoms with van der Waals surface area (Å²) in [6.07, 6.45) is 0.715. The van der Waals surface area contributed by atoms with E-state index in [0.29, 0.717) is 6.26 Å². The Morgan fingerprint density at radius 2 is 1.00 bits per heavy atom. The lowest BCUT2D eigenvalue weighted by molar-refractivity contribution is 0.352. The second kappa shape index (κ2) is 7.35. The smallest absolute Gasteiger partial charge is 0.261 e. The normalized spacial score (nSPS) is 9.67. The molecule has 0 aliphatic carbocycles. The van der Waals surface area contributed by atoms with Crippen LogP contribution in [-0.4, -0.2) is 36.7 Å². The Balaban J connectivity index is -0.0000000457. The molecule has 0 aromatic carbocycles. The summed E-state index contributed by atoms with van der Waals surface area (Å²) in [5.74, 6) is 0. The van der Waals surface area contributed by atoms with Crippen molar-refractivity contribution < 1.29 is 30.5 Å². The van der Waals surface area contributed by atoms with E-state index in [2.05, 4.69) is 0 Å². The lowest BCUT2D eigenvalue weighted by atomic mass is 12.0. The van der Waals surface area contributed by atoms with Gasteiger partial charge in [0.25, 0.3) is 10.1 Å². The second-order valence-electron chi connectivity index (χ2n) is 1.14. The van der Waals surface area contributed by atoms with Gasteiger partial charge in [-0.25, -0.2) is 0 Å². The molecule has 0 heterocycles. The van der Waals surface area contributed by atoms with Crippen LogP contribution in [0.5, 0.6) is 0 Å². The first-order valence-corrected chi connectivity index (χ1v) is 4.77. The minimum atomic E-state index is -5.17. The number of hydrogen-bond donors (Lipinski definition) is 3. The van der Waals surface area contributed by atoms with Crippen molar-refractivity contribution in [2.24, 2.45) is 0 Å². The molecule has 0 spiro atoms. The fraction of sp³-hybridized carbons (Fsp3) is 1.00. The zero-order valence-corrected chi connectivity index (χ0v) is 8.35. The van der Waals surface area contributed by atoms with E-state index in [1.807, 2.05) is 0 Å². The van der Waals surface area contributed by atoms with Crippen molar-refractivity contribution in [3.05, 3.63) is 0 Å². The molecule has 0 saturated carbocycles. The quantitative estimate of drug-likeness (QED) is 0.344. The Morgan fingerprint density at radius 1 is 1.00 bits per heavy atom. The van der Waals surface area contributed by atoms with Gasteiger partial charge in [0.15, 0.2) is 0 Å². The van der Waals surface area contributed by atoms with Crippen LogP contribution in [0.1, 0.15) is 0 Å². The van der Waals surface area contributed by atoms with E-state index >= 15 is 0 Å². The highest BCUT2D eigenvalue weighted by Gasteiger charge is 1.81. The predicted molar refractivity (Wildman–Crippen MR) is 39.9 cm³/mol. The van der Waals surface area contributed by atoms with Crippen molar-refractivity contribution in [3.8, 4) is 0 Å². The lowest BCUT2D eigenvalue weighted by Crippen LogP contribution is -1.91. The molecule has 0 amide bonds. The third kappa shape index (κ3) is 8160. The van der Waals surface area contributed by atoms with Gasteiger partial charge in [-0.05, 0) is 0 Å².